The van der Waals surface area contributed by atoms with Gasteiger partial charge in [-0.05, 0) is 50.2 Å². The van der Waals surface area contributed by atoms with Crippen molar-refractivity contribution >= 4 is 11.8 Å². The number of rotatable bonds is 6. The number of piperidine rings is 1. The Kier molecular flexibility index (Phi) is 5.62. The molecule has 0 bridgehead atoms. The van der Waals surface area contributed by atoms with Gasteiger partial charge in [0.15, 0.2) is 11.0 Å². The zero-order valence-corrected chi connectivity index (χ0v) is 15.6. The SMILES string of the molecule is c1ccc(-n2c(CN3CCCCC3)nnc2SCc2ccccn2)cc1. The number of benzene rings is 1. The van der Waals surface area contributed by atoms with Crippen molar-refractivity contribution in [3.05, 3.63) is 66.2 Å². The first-order chi connectivity index (χ1) is 12.9. The van der Waals surface area contributed by atoms with E-state index in [0.717, 1.165) is 47.7 Å². The second kappa shape index (κ2) is 8.47. The summed E-state index contributed by atoms with van der Waals surface area (Å²) in [5, 5.41) is 9.95. The lowest BCUT2D eigenvalue weighted by Gasteiger charge is -2.26. The molecule has 1 aliphatic heterocycles. The average Bonchev–Trinajstić information content (AvgIpc) is 3.11. The Labute approximate surface area is 158 Å². The number of thioether (sulfide) groups is 1. The molecule has 26 heavy (non-hydrogen) atoms. The van der Waals surface area contributed by atoms with E-state index in [-0.39, 0.29) is 0 Å². The molecule has 1 saturated heterocycles. The van der Waals surface area contributed by atoms with E-state index in [1.165, 1.54) is 19.3 Å². The molecule has 0 unspecified atom stereocenters. The predicted molar refractivity (Wildman–Crippen MR) is 104 cm³/mol. The molecule has 2 aromatic heterocycles. The van der Waals surface area contributed by atoms with E-state index >= 15 is 0 Å². The van der Waals surface area contributed by atoms with Crippen molar-refractivity contribution in [2.24, 2.45) is 0 Å². The fourth-order valence-electron chi connectivity index (χ4n) is 3.27. The first kappa shape index (κ1) is 17.2. The van der Waals surface area contributed by atoms with Crippen LogP contribution in [-0.4, -0.2) is 37.7 Å². The Hall–Kier alpha value is -2.18. The third kappa shape index (κ3) is 4.14. The summed E-state index contributed by atoms with van der Waals surface area (Å²) in [4.78, 5) is 6.90. The predicted octanol–water partition coefficient (Wildman–Crippen LogP) is 3.94. The normalized spacial score (nSPS) is 15.2. The minimum absolute atomic E-state index is 0.787. The van der Waals surface area contributed by atoms with Gasteiger partial charge in [0.25, 0.3) is 0 Å². The summed E-state index contributed by atoms with van der Waals surface area (Å²) in [6.45, 7) is 3.15. The van der Waals surface area contributed by atoms with Crippen LogP contribution in [0.1, 0.15) is 30.8 Å². The van der Waals surface area contributed by atoms with Crippen LogP contribution < -0.4 is 0 Å². The first-order valence-corrected chi connectivity index (χ1v) is 10.1. The van der Waals surface area contributed by atoms with E-state index in [9.17, 15) is 0 Å². The molecule has 6 heteroatoms. The van der Waals surface area contributed by atoms with Crippen LogP contribution in [0, 0.1) is 0 Å². The van der Waals surface area contributed by atoms with Crippen molar-refractivity contribution in [2.45, 2.75) is 36.7 Å². The summed E-state index contributed by atoms with van der Waals surface area (Å²) in [7, 11) is 0. The molecule has 0 aliphatic carbocycles. The Bertz CT molecular complexity index is 813. The summed E-state index contributed by atoms with van der Waals surface area (Å²) in [6.07, 6.45) is 5.73. The van der Waals surface area contributed by atoms with Gasteiger partial charge in [-0.25, -0.2) is 0 Å². The quantitative estimate of drug-likeness (QED) is 0.619. The maximum absolute atomic E-state index is 4.53. The van der Waals surface area contributed by atoms with E-state index in [1.807, 2.05) is 30.5 Å². The highest BCUT2D eigenvalue weighted by molar-refractivity contribution is 7.98. The number of aromatic nitrogens is 4. The summed E-state index contributed by atoms with van der Waals surface area (Å²) >= 11 is 1.69. The highest BCUT2D eigenvalue weighted by Gasteiger charge is 2.18. The molecule has 0 spiro atoms. The topological polar surface area (TPSA) is 46.8 Å². The largest absolute Gasteiger partial charge is 0.296 e. The van der Waals surface area contributed by atoms with Crippen LogP contribution in [0.4, 0.5) is 0 Å². The van der Waals surface area contributed by atoms with Gasteiger partial charge in [0.05, 0.1) is 12.2 Å². The van der Waals surface area contributed by atoms with Crippen molar-refractivity contribution in [3.63, 3.8) is 0 Å². The first-order valence-electron chi connectivity index (χ1n) is 9.15. The third-order valence-electron chi connectivity index (χ3n) is 4.60. The van der Waals surface area contributed by atoms with Gasteiger partial charge in [-0.15, -0.1) is 10.2 Å². The highest BCUT2D eigenvalue weighted by Crippen LogP contribution is 2.25. The molecule has 3 aromatic rings. The fourth-order valence-corrected chi connectivity index (χ4v) is 4.16. The second-order valence-electron chi connectivity index (χ2n) is 6.52. The van der Waals surface area contributed by atoms with Crippen LogP contribution in [0.15, 0.2) is 59.9 Å². The molecule has 4 rings (SSSR count). The molecular formula is C20H23N5S. The van der Waals surface area contributed by atoms with E-state index in [4.69, 9.17) is 0 Å². The van der Waals surface area contributed by atoms with Crippen molar-refractivity contribution in [3.8, 4) is 5.69 Å². The Morgan fingerprint density at radius 2 is 1.69 bits per heavy atom. The summed E-state index contributed by atoms with van der Waals surface area (Å²) in [5.41, 5.74) is 2.17. The molecule has 0 saturated carbocycles. The fraction of sp³-hybridized carbons (Fsp3) is 0.350. The van der Waals surface area contributed by atoms with Crippen molar-refractivity contribution in [2.75, 3.05) is 13.1 Å². The van der Waals surface area contributed by atoms with E-state index < -0.39 is 0 Å². The van der Waals surface area contributed by atoms with Gasteiger partial charge < -0.3 is 0 Å². The minimum Gasteiger partial charge on any atom is -0.296 e. The van der Waals surface area contributed by atoms with Gasteiger partial charge in [-0.3, -0.25) is 14.5 Å². The van der Waals surface area contributed by atoms with E-state index in [0.29, 0.717) is 0 Å². The third-order valence-corrected chi connectivity index (χ3v) is 5.57. The van der Waals surface area contributed by atoms with Gasteiger partial charge in [0, 0.05) is 17.6 Å². The Balaban J connectivity index is 1.58. The molecule has 0 amide bonds. The van der Waals surface area contributed by atoms with Gasteiger partial charge in [-0.2, -0.15) is 0 Å². The van der Waals surface area contributed by atoms with Crippen molar-refractivity contribution < 1.29 is 0 Å². The van der Waals surface area contributed by atoms with Gasteiger partial charge in [-0.1, -0.05) is 42.4 Å². The molecule has 1 aliphatic rings. The molecular weight excluding hydrogens is 342 g/mol. The zero-order valence-electron chi connectivity index (χ0n) is 14.8. The number of para-hydroxylation sites is 1. The van der Waals surface area contributed by atoms with Gasteiger partial charge in [0.1, 0.15) is 0 Å². The van der Waals surface area contributed by atoms with E-state index in [1.54, 1.807) is 11.8 Å². The monoisotopic (exact) mass is 365 g/mol. The second-order valence-corrected chi connectivity index (χ2v) is 7.46. The summed E-state index contributed by atoms with van der Waals surface area (Å²) in [5.74, 6) is 1.80. The maximum Gasteiger partial charge on any atom is 0.196 e. The van der Waals surface area contributed by atoms with Crippen molar-refractivity contribution in [1.82, 2.24) is 24.6 Å². The Morgan fingerprint density at radius 3 is 2.46 bits per heavy atom. The average molecular weight is 366 g/mol. The van der Waals surface area contributed by atoms with Gasteiger partial charge in [0.2, 0.25) is 0 Å². The van der Waals surface area contributed by atoms with Crippen LogP contribution in [-0.2, 0) is 12.3 Å². The number of likely N-dealkylation sites (tertiary alicyclic amines) is 1. The molecule has 3 heterocycles. The molecule has 1 fully saturated rings. The lowest BCUT2D eigenvalue weighted by molar-refractivity contribution is 0.214. The molecule has 5 nitrogen and oxygen atoms in total. The van der Waals surface area contributed by atoms with Crippen LogP contribution >= 0.6 is 11.8 Å². The highest BCUT2D eigenvalue weighted by atomic mass is 32.2. The molecule has 1 aromatic carbocycles. The lowest BCUT2D eigenvalue weighted by atomic mass is 10.1. The number of nitrogens with zero attached hydrogens (tertiary/aromatic N) is 5. The molecule has 0 radical (unpaired) electrons. The molecule has 134 valence electrons. The number of hydrogen-bond acceptors (Lipinski definition) is 5. The lowest BCUT2D eigenvalue weighted by Crippen LogP contribution is -2.30. The summed E-state index contributed by atoms with van der Waals surface area (Å²) < 4.78 is 2.20. The molecule has 0 N–H and O–H groups in total. The van der Waals surface area contributed by atoms with Crippen LogP contribution in [0.5, 0.6) is 0 Å². The minimum atomic E-state index is 0.787. The number of pyridine rings is 1. The van der Waals surface area contributed by atoms with Crippen LogP contribution in [0.3, 0.4) is 0 Å². The van der Waals surface area contributed by atoms with Crippen LogP contribution in [0.2, 0.25) is 0 Å². The smallest absolute Gasteiger partial charge is 0.196 e. The zero-order chi connectivity index (χ0) is 17.6. The van der Waals surface area contributed by atoms with Crippen molar-refractivity contribution in [1.29, 1.82) is 0 Å². The molecule has 0 atom stereocenters. The van der Waals surface area contributed by atoms with E-state index in [2.05, 4.69) is 48.9 Å². The number of hydrogen-bond donors (Lipinski definition) is 0. The Morgan fingerprint density at radius 1 is 0.885 bits per heavy atom. The maximum atomic E-state index is 4.53. The van der Waals surface area contributed by atoms with Gasteiger partial charge >= 0.3 is 0 Å². The standard InChI is InChI=1S/C20H23N5S/c1-3-10-18(11-4-1)25-19(15-24-13-7-2-8-14-24)22-23-20(25)26-16-17-9-5-6-12-21-17/h1,3-6,9-12H,2,7-8,13-16H2. The summed E-state index contributed by atoms with van der Waals surface area (Å²) in [6, 6.07) is 16.4. The van der Waals surface area contributed by atoms with Crippen LogP contribution in [0.25, 0.3) is 5.69 Å².